The zero-order chi connectivity index (χ0) is 45.9. The molecule has 0 spiro atoms. The van der Waals surface area contributed by atoms with Crippen molar-refractivity contribution >= 4 is 19.8 Å². The molecule has 0 aliphatic heterocycles. The maximum absolute atomic E-state index is 12.7. The van der Waals surface area contributed by atoms with Crippen molar-refractivity contribution in [1.29, 1.82) is 0 Å². The summed E-state index contributed by atoms with van der Waals surface area (Å²) in [6.07, 6.45) is 28.1. The van der Waals surface area contributed by atoms with Gasteiger partial charge in [-0.3, -0.25) is 18.6 Å². The fourth-order valence-corrected chi connectivity index (χ4v) is 8.89. The van der Waals surface area contributed by atoms with E-state index in [0.29, 0.717) is 32.1 Å². The Bertz CT molecular complexity index is 1170. The van der Waals surface area contributed by atoms with Gasteiger partial charge in [-0.1, -0.05) is 174 Å². The zero-order valence-electron chi connectivity index (χ0n) is 39.1. The fraction of sp³-hybridized carbons (Fsp3) is 0.917. The van der Waals surface area contributed by atoms with Crippen LogP contribution in [0.3, 0.4) is 0 Å². The minimum atomic E-state index is -4.67. The first-order valence-electron chi connectivity index (χ1n) is 24.8. The molecule has 8 atom stereocenters. The fourth-order valence-electron chi connectivity index (χ4n) is 8.10. The molecule has 0 aromatic carbocycles. The molecule has 0 aromatic rings. The summed E-state index contributed by atoms with van der Waals surface area (Å²) in [5, 5.41) is 49.8. The molecule has 1 saturated carbocycles. The summed E-state index contributed by atoms with van der Waals surface area (Å²) in [5.74, 6) is -0.540. The van der Waals surface area contributed by atoms with Crippen molar-refractivity contribution < 1.29 is 63.1 Å². The summed E-state index contributed by atoms with van der Waals surface area (Å²) in [4.78, 5) is 35.3. The normalized spacial score (nSPS) is 20.4. The number of aliphatic hydroxyl groups is 5. The van der Waals surface area contributed by atoms with Crippen LogP contribution in [0, 0.1) is 17.8 Å². The van der Waals surface area contributed by atoms with Crippen LogP contribution in [0.2, 0.25) is 0 Å². The number of hydrogen-bond acceptors (Lipinski definition) is 12. The molecule has 1 rings (SSSR count). The third kappa shape index (κ3) is 32.3. The number of carbonyl (C=O) groups excluding carboxylic acids is 2. The predicted molar refractivity (Wildman–Crippen MR) is 244 cm³/mol. The molecule has 0 heterocycles. The van der Waals surface area contributed by atoms with Crippen LogP contribution in [0.4, 0.5) is 0 Å². The maximum atomic E-state index is 12.7. The second-order valence-corrected chi connectivity index (χ2v) is 19.7. The molecule has 0 bridgehead atoms. The van der Waals surface area contributed by atoms with Crippen LogP contribution in [-0.4, -0.2) is 99.3 Å². The van der Waals surface area contributed by atoms with Gasteiger partial charge in [0.1, 0.15) is 12.7 Å². The Kier molecular flexibility index (Phi) is 35.7. The standard InChI is InChI=1S/C48H91O13P/c1-4-5-22-28-40(50)32-33-44-43(45(52)34-46(44)53)29-24-20-21-25-30-47(54)58-37-42(38-60-62(56,57)59-36-41(51)35-49)61-48(55)31-26-19-17-15-13-11-9-7-6-8-10-12-14-16-18-23-27-39(2)3/h32-33,39-46,49-53H,4-31,34-38H2,1-3H3,(H,56,57)/b33-32+/t40-,41-,42+,43+,44+,45-,46+/m0/s1. The van der Waals surface area contributed by atoms with E-state index in [-0.39, 0.29) is 31.3 Å². The van der Waals surface area contributed by atoms with E-state index in [1.54, 1.807) is 6.08 Å². The van der Waals surface area contributed by atoms with Crippen molar-refractivity contribution in [3.63, 3.8) is 0 Å². The lowest BCUT2D eigenvalue weighted by Gasteiger charge is -2.21. The molecule has 1 fully saturated rings. The maximum Gasteiger partial charge on any atom is 0.472 e. The minimum Gasteiger partial charge on any atom is -0.462 e. The smallest absolute Gasteiger partial charge is 0.462 e. The molecule has 6 N–H and O–H groups in total. The van der Waals surface area contributed by atoms with Gasteiger partial charge in [-0.15, -0.1) is 0 Å². The highest BCUT2D eigenvalue weighted by molar-refractivity contribution is 7.47. The molecule has 13 nitrogen and oxygen atoms in total. The Hall–Kier alpha value is -1.41. The lowest BCUT2D eigenvalue weighted by atomic mass is 9.88. The largest absolute Gasteiger partial charge is 0.472 e. The molecule has 366 valence electrons. The van der Waals surface area contributed by atoms with Gasteiger partial charge >= 0.3 is 19.8 Å². The van der Waals surface area contributed by atoms with Crippen molar-refractivity contribution in [2.24, 2.45) is 17.8 Å². The monoisotopic (exact) mass is 907 g/mol. The highest BCUT2D eigenvalue weighted by Gasteiger charge is 2.39. The molecule has 0 saturated heterocycles. The number of unbranched alkanes of at least 4 members (excludes halogenated alkanes) is 20. The summed E-state index contributed by atoms with van der Waals surface area (Å²) in [5.41, 5.74) is 0. The van der Waals surface area contributed by atoms with E-state index in [1.165, 1.54) is 83.5 Å². The first-order valence-corrected chi connectivity index (χ1v) is 26.3. The zero-order valence-corrected chi connectivity index (χ0v) is 40.0. The van der Waals surface area contributed by atoms with E-state index in [0.717, 1.165) is 63.7 Å². The topological polar surface area (TPSA) is 210 Å². The van der Waals surface area contributed by atoms with Crippen molar-refractivity contribution in [3.8, 4) is 0 Å². The van der Waals surface area contributed by atoms with Gasteiger partial charge < -0.3 is 39.9 Å². The summed E-state index contributed by atoms with van der Waals surface area (Å²) >= 11 is 0. The second-order valence-electron chi connectivity index (χ2n) is 18.3. The van der Waals surface area contributed by atoms with Gasteiger partial charge in [-0.25, -0.2) is 4.57 Å². The molecule has 14 heteroatoms. The van der Waals surface area contributed by atoms with Gasteiger partial charge in [-0.2, -0.15) is 0 Å². The third-order valence-corrected chi connectivity index (χ3v) is 12.9. The van der Waals surface area contributed by atoms with E-state index in [9.17, 15) is 39.5 Å². The minimum absolute atomic E-state index is 0.0985. The van der Waals surface area contributed by atoms with Crippen molar-refractivity contribution in [3.05, 3.63) is 12.2 Å². The van der Waals surface area contributed by atoms with Crippen LogP contribution in [0.5, 0.6) is 0 Å². The van der Waals surface area contributed by atoms with Crippen LogP contribution in [0.15, 0.2) is 12.2 Å². The van der Waals surface area contributed by atoms with Crippen LogP contribution < -0.4 is 0 Å². The van der Waals surface area contributed by atoms with Crippen molar-refractivity contribution in [2.45, 2.75) is 237 Å². The lowest BCUT2D eigenvalue weighted by molar-refractivity contribution is -0.161. The number of carbonyl (C=O) groups is 2. The first-order chi connectivity index (χ1) is 29.8. The number of ether oxygens (including phenoxy) is 2. The Morgan fingerprint density at radius 1 is 0.661 bits per heavy atom. The number of phosphoric ester groups is 1. The molecule has 0 aromatic heterocycles. The van der Waals surface area contributed by atoms with Gasteiger partial charge in [-0.05, 0) is 37.5 Å². The lowest BCUT2D eigenvalue weighted by Crippen LogP contribution is -2.29. The average molecular weight is 907 g/mol. The SMILES string of the molecule is CCCCC[C@H](O)/C=C/[C@@H]1[C@@H](CCCCCCC(=O)OC[C@H](COP(=O)(O)OC[C@@H](O)CO)OC(=O)CCCCCCCCCCCCCCCCCCC(C)C)[C@@H](O)C[C@H]1O. The summed E-state index contributed by atoms with van der Waals surface area (Å²) < 4.78 is 32.8. The van der Waals surface area contributed by atoms with Crippen LogP contribution in [0.1, 0.15) is 207 Å². The van der Waals surface area contributed by atoms with E-state index >= 15 is 0 Å². The number of esters is 2. The number of phosphoric acid groups is 1. The van der Waals surface area contributed by atoms with E-state index in [4.69, 9.17) is 23.6 Å². The molecule has 0 radical (unpaired) electrons. The number of hydrogen-bond donors (Lipinski definition) is 6. The number of rotatable bonds is 42. The summed E-state index contributed by atoms with van der Waals surface area (Å²) in [6.45, 7) is 4.42. The van der Waals surface area contributed by atoms with Crippen LogP contribution in [-0.2, 0) is 32.7 Å². The predicted octanol–water partition coefficient (Wildman–Crippen LogP) is 9.80. The van der Waals surface area contributed by atoms with Gasteiger partial charge in [0.05, 0.1) is 38.1 Å². The second kappa shape index (κ2) is 37.8. The van der Waals surface area contributed by atoms with Gasteiger partial charge in [0.25, 0.3) is 0 Å². The molecule has 1 unspecified atom stereocenters. The molecule has 1 aliphatic rings. The van der Waals surface area contributed by atoms with Crippen LogP contribution >= 0.6 is 7.82 Å². The Labute approximate surface area is 375 Å². The van der Waals surface area contributed by atoms with Crippen LogP contribution in [0.25, 0.3) is 0 Å². The third-order valence-electron chi connectivity index (χ3n) is 11.9. The molecule has 0 amide bonds. The Morgan fingerprint density at radius 2 is 1.16 bits per heavy atom. The van der Waals surface area contributed by atoms with E-state index in [1.807, 2.05) is 6.08 Å². The molecule has 62 heavy (non-hydrogen) atoms. The Balaban J connectivity index is 2.35. The van der Waals surface area contributed by atoms with Crippen molar-refractivity contribution in [2.75, 3.05) is 26.4 Å². The van der Waals surface area contributed by atoms with Gasteiger partial charge in [0.2, 0.25) is 0 Å². The molecular formula is C48H91O13P. The van der Waals surface area contributed by atoms with Crippen molar-refractivity contribution in [1.82, 2.24) is 0 Å². The van der Waals surface area contributed by atoms with Gasteiger partial charge in [0.15, 0.2) is 6.10 Å². The quantitative estimate of drug-likeness (QED) is 0.0146. The molecular weight excluding hydrogens is 815 g/mol. The average Bonchev–Trinajstić information content (AvgIpc) is 3.51. The van der Waals surface area contributed by atoms with E-state index < -0.39 is 70.1 Å². The molecule has 1 aliphatic carbocycles. The number of aliphatic hydroxyl groups excluding tert-OH is 5. The summed E-state index contributed by atoms with van der Waals surface area (Å²) in [6, 6.07) is 0. The van der Waals surface area contributed by atoms with Gasteiger partial charge in [0, 0.05) is 25.2 Å². The van der Waals surface area contributed by atoms with E-state index in [2.05, 4.69) is 20.8 Å². The highest BCUT2D eigenvalue weighted by atomic mass is 31.2. The Morgan fingerprint density at radius 3 is 1.71 bits per heavy atom. The first kappa shape index (κ1) is 58.6. The highest BCUT2D eigenvalue weighted by Crippen LogP contribution is 2.43. The summed E-state index contributed by atoms with van der Waals surface area (Å²) in [7, 11) is -4.67.